The summed E-state index contributed by atoms with van der Waals surface area (Å²) in [5.41, 5.74) is 0. The molecule has 1 saturated heterocycles. The molecule has 4 heteroatoms. The summed E-state index contributed by atoms with van der Waals surface area (Å²) in [4.78, 5) is 0. The number of hydrogen-bond donors (Lipinski definition) is 0. The third-order valence-electron chi connectivity index (χ3n) is 2.17. The fourth-order valence-corrected chi connectivity index (χ4v) is 2.88. The summed E-state index contributed by atoms with van der Waals surface area (Å²) in [6, 6.07) is 2.07. The smallest absolute Gasteiger partial charge is 0.0622 e. The molecule has 0 N–H and O–H groups in total. The highest BCUT2D eigenvalue weighted by Gasteiger charge is 2.19. The van der Waals surface area contributed by atoms with Crippen LogP contribution in [-0.2, 0) is 15.5 Å². The highest BCUT2D eigenvalue weighted by atomic mass is 32.2. The lowest BCUT2D eigenvalue weighted by atomic mass is 10.2. The molecule has 13 heavy (non-hydrogen) atoms. The molecule has 1 fully saturated rings. The standard InChI is InChI=1S/C9H15NO2S/c10-5-1-2-8-13(11)9-3-6-12-7-4-9/h9H,1-4,6-8H2. The molecule has 1 aliphatic heterocycles. The van der Waals surface area contributed by atoms with Gasteiger partial charge in [0.15, 0.2) is 0 Å². The van der Waals surface area contributed by atoms with Crippen molar-refractivity contribution >= 4 is 10.8 Å². The van der Waals surface area contributed by atoms with Gasteiger partial charge in [-0.2, -0.15) is 5.26 Å². The molecule has 0 radical (unpaired) electrons. The van der Waals surface area contributed by atoms with Gasteiger partial charge in [0.1, 0.15) is 0 Å². The van der Waals surface area contributed by atoms with E-state index < -0.39 is 10.8 Å². The molecule has 0 spiro atoms. The lowest BCUT2D eigenvalue weighted by Crippen LogP contribution is -2.26. The van der Waals surface area contributed by atoms with Gasteiger partial charge < -0.3 is 4.74 Å². The first kappa shape index (κ1) is 10.7. The summed E-state index contributed by atoms with van der Waals surface area (Å²) >= 11 is 0. The third-order valence-corrected chi connectivity index (χ3v) is 4.08. The van der Waals surface area contributed by atoms with Crippen molar-refractivity contribution in [2.24, 2.45) is 0 Å². The van der Waals surface area contributed by atoms with E-state index in [1.807, 2.05) is 0 Å². The highest BCUT2D eigenvalue weighted by Crippen LogP contribution is 2.14. The first-order chi connectivity index (χ1) is 6.34. The maximum absolute atomic E-state index is 11.6. The molecule has 0 aromatic heterocycles. The molecule has 0 bridgehead atoms. The van der Waals surface area contributed by atoms with Crippen LogP contribution in [0.15, 0.2) is 0 Å². The zero-order valence-corrected chi connectivity index (χ0v) is 8.52. The summed E-state index contributed by atoms with van der Waals surface area (Å²) in [6.07, 6.45) is 3.12. The Labute approximate surface area is 81.5 Å². The molecule has 3 nitrogen and oxygen atoms in total. The predicted octanol–water partition coefficient (Wildman–Crippen LogP) is 1.22. The first-order valence-corrected chi connectivity index (χ1v) is 6.04. The summed E-state index contributed by atoms with van der Waals surface area (Å²) < 4.78 is 16.8. The van der Waals surface area contributed by atoms with Crippen molar-refractivity contribution < 1.29 is 8.95 Å². The fraction of sp³-hybridized carbons (Fsp3) is 0.889. The van der Waals surface area contributed by atoms with E-state index in [2.05, 4.69) is 6.07 Å². The van der Waals surface area contributed by atoms with Crippen molar-refractivity contribution in [2.75, 3.05) is 19.0 Å². The quantitative estimate of drug-likeness (QED) is 0.642. The Balaban J connectivity index is 2.18. The number of hydrogen-bond acceptors (Lipinski definition) is 3. The van der Waals surface area contributed by atoms with Crippen LogP contribution >= 0.6 is 0 Å². The second-order valence-electron chi connectivity index (χ2n) is 3.16. The largest absolute Gasteiger partial charge is 0.381 e. The molecule has 74 valence electrons. The SMILES string of the molecule is N#CCCCS(=O)C1CCOCC1. The van der Waals surface area contributed by atoms with Gasteiger partial charge in [0.05, 0.1) is 6.07 Å². The maximum Gasteiger partial charge on any atom is 0.0622 e. The summed E-state index contributed by atoms with van der Waals surface area (Å²) in [7, 11) is -0.739. The third kappa shape index (κ3) is 3.88. The monoisotopic (exact) mass is 201 g/mol. The van der Waals surface area contributed by atoms with Gasteiger partial charge in [-0.3, -0.25) is 4.21 Å². The fourth-order valence-electron chi connectivity index (χ4n) is 1.40. The highest BCUT2D eigenvalue weighted by molar-refractivity contribution is 7.85. The topological polar surface area (TPSA) is 50.1 Å². The molecular formula is C9H15NO2S. The van der Waals surface area contributed by atoms with Crippen LogP contribution in [0.4, 0.5) is 0 Å². The minimum Gasteiger partial charge on any atom is -0.381 e. The molecule has 0 aromatic rings. The van der Waals surface area contributed by atoms with E-state index in [9.17, 15) is 4.21 Å². The van der Waals surface area contributed by atoms with Crippen LogP contribution < -0.4 is 0 Å². The van der Waals surface area contributed by atoms with E-state index >= 15 is 0 Å². The zero-order chi connectivity index (χ0) is 9.52. The number of nitrogens with zero attached hydrogens (tertiary/aromatic N) is 1. The van der Waals surface area contributed by atoms with Gasteiger partial charge in [0.2, 0.25) is 0 Å². The Morgan fingerprint density at radius 2 is 2.15 bits per heavy atom. The Morgan fingerprint density at radius 1 is 1.46 bits per heavy atom. The van der Waals surface area contributed by atoms with Crippen LogP contribution in [0.3, 0.4) is 0 Å². The molecule has 0 saturated carbocycles. The number of nitriles is 1. The zero-order valence-electron chi connectivity index (χ0n) is 7.70. The normalized spacial score (nSPS) is 20.8. The Morgan fingerprint density at radius 3 is 2.77 bits per heavy atom. The predicted molar refractivity (Wildman–Crippen MR) is 51.7 cm³/mol. The molecular weight excluding hydrogens is 186 g/mol. The van der Waals surface area contributed by atoms with Gasteiger partial charge in [-0.1, -0.05) is 0 Å². The van der Waals surface area contributed by atoms with E-state index in [4.69, 9.17) is 10.00 Å². The average Bonchev–Trinajstić information content (AvgIpc) is 2.19. The van der Waals surface area contributed by atoms with Gasteiger partial charge in [-0.15, -0.1) is 0 Å². The van der Waals surface area contributed by atoms with E-state index in [1.165, 1.54) is 0 Å². The molecule has 0 aromatic carbocycles. The average molecular weight is 201 g/mol. The van der Waals surface area contributed by atoms with Crippen molar-refractivity contribution in [2.45, 2.75) is 30.9 Å². The second-order valence-corrected chi connectivity index (χ2v) is 4.99. The van der Waals surface area contributed by atoms with Gasteiger partial charge >= 0.3 is 0 Å². The molecule has 1 heterocycles. The van der Waals surface area contributed by atoms with Crippen LogP contribution in [0.1, 0.15) is 25.7 Å². The van der Waals surface area contributed by atoms with Gasteiger partial charge in [-0.25, -0.2) is 0 Å². The van der Waals surface area contributed by atoms with Crippen LogP contribution in [0.25, 0.3) is 0 Å². The molecule has 1 rings (SSSR count). The van der Waals surface area contributed by atoms with Crippen molar-refractivity contribution in [3.63, 3.8) is 0 Å². The molecule has 1 aliphatic rings. The number of rotatable bonds is 4. The van der Waals surface area contributed by atoms with E-state index in [0.29, 0.717) is 17.4 Å². The molecule has 0 amide bonds. The van der Waals surface area contributed by atoms with Crippen molar-refractivity contribution in [3.8, 4) is 6.07 Å². The second kappa shape index (κ2) is 6.11. The summed E-state index contributed by atoms with van der Waals surface area (Å²) in [5, 5.41) is 8.63. The van der Waals surface area contributed by atoms with Crippen molar-refractivity contribution in [3.05, 3.63) is 0 Å². The Kier molecular flexibility index (Phi) is 5.02. The maximum atomic E-state index is 11.6. The molecule has 1 unspecified atom stereocenters. The van der Waals surface area contributed by atoms with Crippen LogP contribution in [-0.4, -0.2) is 28.4 Å². The molecule has 0 aliphatic carbocycles. The van der Waals surface area contributed by atoms with Crippen molar-refractivity contribution in [1.82, 2.24) is 0 Å². The Bertz CT molecular complexity index is 206. The number of ether oxygens (including phenoxy) is 1. The number of unbranched alkanes of at least 4 members (excludes halogenated alkanes) is 1. The minimum absolute atomic E-state index is 0.312. The van der Waals surface area contributed by atoms with E-state index in [1.54, 1.807) is 0 Å². The van der Waals surface area contributed by atoms with Crippen LogP contribution in [0, 0.1) is 11.3 Å². The summed E-state index contributed by atoms with van der Waals surface area (Å²) in [5.74, 6) is 0.679. The van der Waals surface area contributed by atoms with Gasteiger partial charge in [0.25, 0.3) is 0 Å². The van der Waals surface area contributed by atoms with Gasteiger partial charge in [-0.05, 0) is 19.3 Å². The van der Waals surface area contributed by atoms with Gasteiger partial charge in [0, 0.05) is 41.4 Å². The lowest BCUT2D eigenvalue weighted by Gasteiger charge is -2.21. The Hall–Kier alpha value is -0.400. The summed E-state index contributed by atoms with van der Waals surface area (Å²) in [6.45, 7) is 1.49. The minimum atomic E-state index is -0.739. The molecule has 1 atom stereocenters. The van der Waals surface area contributed by atoms with E-state index in [0.717, 1.165) is 32.5 Å². The lowest BCUT2D eigenvalue weighted by molar-refractivity contribution is 0.0992. The van der Waals surface area contributed by atoms with E-state index in [-0.39, 0.29) is 0 Å². The van der Waals surface area contributed by atoms with Crippen molar-refractivity contribution in [1.29, 1.82) is 5.26 Å². The van der Waals surface area contributed by atoms with Crippen LogP contribution in [0.2, 0.25) is 0 Å². The van der Waals surface area contributed by atoms with Crippen LogP contribution in [0.5, 0.6) is 0 Å². The first-order valence-electron chi connectivity index (χ1n) is 4.66.